The molecule has 0 aromatic heterocycles. The van der Waals surface area contributed by atoms with Crippen LogP contribution in [0.1, 0.15) is 35.4 Å². The van der Waals surface area contributed by atoms with Crippen LogP contribution in [0.5, 0.6) is 0 Å². The maximum absolute atomic E-state index is 12.4. The summed E-state index contributed by atoms with van der Waals surface area (Å²) in [4.78, 5) is 16.9. The summed E-state index contributed by atoms with van der Waals surface area (Å²) in [5, 5.41) is 4.24. The van der Waals surface area contributed by atoms with Crippen molar-refractivity contribution in [1.82, 2.24) is 9.80 Å². The summed E-state index contributed by atoms with van der Waals surface area (Å²) >= 11 is 12.8. The topological polar surface area (TPSA) is 44.8 Å². The van der Waals surface area contributed by atoms with Crippen molar-refractivity contribution in [1.29, 1.82) is 0 Å². The number of nitrogens with one attached hydrogen (secondary N) is 1. The number of amides is 1. The molecule has 0 aliphatic carbocycles. The van der Waals surface area contributed by atoms with Gasteiger partial charge in [-0.15, -0.1) is 0 Å². The fourth-order valence-electron chi connectivity index (χ4n) is 4.37. The highest BCUT2D eigenvalue weighted by Gasteiger charge is 2.27. The number of likely N-dealkylation sites (N-methyl/N-ethyl adjacent to an activating group) is 1. The minimum atomic E-state index is -0.394. The first kappa shape index (κ1) is 21.4. The molecule has 0 saturated carbocycles. The van der Waals surface area contributed by atoms with E-state index in [0.717, 1.165) is 61.4 Å². The van der Waals surface area contributed by atoms with E-state index in [4.69, 9.17) is 27.9 Å². The Morgan fingerprint density at radius 3 is 2.63 bits per heavy atom. The smallest absolute Gasteiger partial charge is 0.411 e. The molecule has 1 unspecified atom stereocenters. The zero-order chi connectivity index (χ0) is 21.3. The number of anilines is 1. The standard InChI is InChI=1S/C23H27Cl2N3O2/c1-27-8-6-18(7-9-27)30-23(29)26-17-5-3-4-15(10-17)20-13-28(2)14-21-19(20)11-16(24)12-22(21)25/h3-5,10-12,18,20H,6-9,13-14H2,1-2H3,(H,26,29). The van der Waals surface area contributed by atoms with Crippen LogP contribution in [0.2, 0.25) is 10.0 Å². The van der Waals surface area contributed by atoms with E-state index >= 15 is 0 Å². The summed E-state index contributed by atoms with van der Waals surface area (Å²) in [5.74, 6) is 0.126. The first-order chi connectivity index (χ1) is 14.4. The van der Waals surface area contributed by atoms with Crippen LogP contribution in [-0.4, -0.2) is 55.7 Å². The van der Waals surface area contributed by atoms with E-state index in [2.05, 4.69) is 35.3 Å². The Morgan fingerprint density at radius 2 is 1.87 bits per heavy atom. The molecule has 2 aromatic carbocycles. The number of benzene rings is 2. The van der Waals surface area contributed by atoms with Crippen molar-refractivity contribution in [3.05, 3.63) is 63.1 Å². The summed E-state index contributed by atoms with van der Waals surface area (Å²) in [6, 6.07) is 11.7. The van der Waals surface area contributed by atoms with Crippen LogP contribution >= 0.6 is 23.2 Å². The molecule has 4 rings (SSSR count). The van der Waals surface area contributed by atoms with Crippen molar-refractivity contribution in [2.45, 2.75) is 31.4 Å². The third kappa shape index (κ3) is 4.92. The number of carbonyl (C=O) groups is 1. The molecule has 1 amide bonds. The van der Waals surface area contributed by atoms with Crippen molar-refractivity contribution in [2.24, 2.45) is 0 Å². The Hall–Kier alpha value is -1.79. The maximum atomic E-state index is 12.4. The molecule has 1 fully saturated rings. The van der Waals surface area contributed by atoms with E-state index in [1.807, 2.05) is 24.3 Å². The highest BCUT2D eigenvalue weighted by Crippen LogP contribution is 2.38. The Labute approximate surface area is 187 Å². The molecule has 1 N–H and O–H groups in total. The van der Waals surface area contributed by atoms with Crippen LogP contribution in [0.3, 0.4) is 0 Å². The zero-order valence-corrected chi connectivity index (χ0v) is 18.8. The van der Waals surface area contributed by atoms with Crippen LogP contribution in [0.15, 0.2) is 36.4 Å². The average Bonchev–Trinajstić information content (AvgIpc) is 2.70. The highest BCUT2D eigenvalue weighted by molar-refractivity contribution is 6.35. The molecule has 2 heterocycles. The SMILES string of the molecule is CN1CCC(OC(=O)Nc2cccc(C3CN(C)Cc4c(Cl)cc(Cl)cc43)c2)CC1. The van der Waals surface area contributed by atoms with Crippen molar-refractivity contribution < 1.29 is 9.53 Å². The van der Waals surface area contributed by atoms with Crippen molar-refractivity contribution in [3.63, 3.8) is 0 Å². The summed E-state index contributed by atoms with van der Waals surface area (Å²) < 4.78 is 5.61. The molecule has 1 atom stereocenters. The summed E-state index contributed by atoms with van der Waals surface area (Å²) in [7, 11) is 4.17. The van der Waals surface area contributed by atoms with E-state index in [1.165, 1.54) is 0 Å². The number of ether oxygens (including phenoxy) is 1. The lowest BCUT2D eigenvalue weighted by atomic mass is 9.84. The van der Waals surface area contributed by atoms with Gasteiger partial charge in [0.05, 0.1) is 0 Å². The largest absolute Gasteiger partial charge is 0.446 e. The number of hydrogen-bond donors (Lipinski definition) is 1. The highest BCUT2D eigenvalue weighted by atomic mass is 35.5. The Bertz CT molecular complexity index is 929. The fraction of sp³-hybridized carbons (Fsp3) is 0.435. The molecule has 2 aromatic rings. The average molecular weight is 448 g/mol. The van der Waals surface area contributed by atoms with Crippen LogP contribution in [0.25, 0.3) is 0 Å². The van der Waals surface area contributed by atoms with Gasteiger partial charge in [0.15, 0.2) is 0 Å². The number of likely N-dealkylation sites (tertiary alicyclic amines) is 1. The van der Waals surface area contributed by atoms with Crippen LogP contribution in [0, 0.1) is 0 Å². The third-order valence-electron chi connectivity index (χ3n) is 5.97. The minimum Gasteiger partial charge on any atom is -0.446 e. The number of halogens is 2. The van der Waals surface area contributed by atoms with Crippen LogP contribution < -0.4 is 5.32 Å². The van der Waals surface area contributed by atoms with E-state index in [0.29, 0.717) is 10.0 Å². The predicted molar refractivity (Wildman–Crippen MR) is 122 cm³/mol. The van der Waals surface area contributed by atoms with Gasteiger partial charge in [-0.1, -0.05) is 35.3 Å². The van der Waals surface area contributed by atoms with Crippen molar-refractivity contribution in [2.75, 3.05) is 39.0 Å². The number of hydrogen-bond acceptors (Lipinski definition) is 4. The van der Waals surface area contributed by atoms with Gasteiger partial charge in [0.2, 0.25) is 0 Å². The quantitative estimate of drug-likeness (QED) is 0.700. The number of nitrogens with zero attached hydrogens (tertiary/aromatic N) is 2. The summed E-state index contributed by atoms with van der Waals surface area (Å²) in [6.07, 6.45) is 1.33. The number of piperidine rings is 1. The number of rotatable bonds is 3. The van der Waals surface area contributed by atoms with Crippen LogP contribution in [0.4, 0.5) is 10.5 Å². The number of carbonyl (C=O) groups excluding carboxylic acids is 1. The molecular formula is C23H27Cl2N3O2. The molecule has 30 heavy (non-hydrogen) atoms. The molecule has 7 heteroatoms. The van der Waals surface area contributed by atoms with E-state index < -0.39 is 6.09 Å². The molecule has 2 aliphatic heterocycles. The second-order valence-electron chi connectivity index (χ2n) is 8.36. The van der Waals surface area contributed by atoms with Crippen molar-refractivity contribution in [3.8, 4) is 0 Å². The maximum Gasteiger partial charge on any atom is 0.411 e. The number of fused-ring (bicyclic) bond motifs is 1. The molecule has 1 saturated heterocycles. The van der Waals surface area contributed by atoms with Gasteiger partial charge in [0.1, 0.15) is 6.10 Å². The fourth-order valence-corrected chi connectivity index (χ4v) is 4.93. The zero-order valence-electron chi connectivity index (χ0n) is 17.3. The summed E-state index contributed by atoms with van der Waals surface area (Å²) in [6.45, 7) is 3.55. The molecule has 0 bridgehead atoms. The normalized spacial score (nSPS) is 20.6. The summed E-state index contributed by atoms with van der Waals surface area (Å²) in [5.41, 5.74) is 4.10. The van der Waals surface area contributed by atoms with Gasteiger partial charge in [-0.2, -0.15) is 0 Å². The Morgan fingerprint density at radius 1 is 1.10 bits per heavy atom. The van der Waals surface area contributed by atoms with Gasteiger partial charge in [0, 0.05) is 47.8 Å². The van der Waals surface area contributed by atoms with E-state index in [-0.39, 0.29) is 12.0 Å². The van der Waals surface area contributed by atoms with Gasteiger partial charge in [-0.05, 0) is 67.9 Å². The molecule has 5 nitrogen and oxygen atoms in total. The first-order valence-corrected chi connectivity index (χ1v) is 11.1. The van der Waals surface area contributed by atoms with E-state index in [9.17, 15) is 4.79 Å². The lowest BCUT2D eigenvalue weighted by Crippen LogP contribution is -2.36. The second-order valence-corrected chi connectivity index (χ2v) is 9.21. The Kier molecular flexibility index (Phi) is 6.54. The molecular weight excluding hydrogens is 421 g/mol. The van der Waals surface area contributed by atoms with Gasteiger partial charge in [-0.25, -0.2) is 4.79 Å². The van der Waals surface area contributed by atoms with Gasteiger partial charge in [0.25, 0.3) is 0 Å². The second kappa shape index (κ2) is 9.15. The Balaban J connectivity index is 1.51. The lowest BCUT2D eigenvalue weighted by molar-refractivity contribution is 0.0662. The van der Waals surface area contributed by atoms with Crippen molar-refractivity contribution >= 4 is 35.0 Å². The lowest BCUT2D eigenvalue weighted by Gasteiger charge is -2.33. The van der Waals surface area contributed by atoms with Gasteiger partial charge in [-0.3, -0.25) is 5.32 Å². The third-order valence-corrected chi connectivity index (χ3v) is 6.52. The molecule has 160 valence electrons. The van der Waals surface area contributed by atoms with E-state index in [1.54, 1.807) is 6.07 Å². The molecule has 2 aliphatic rings. The minimum absolute atomic E-state index is 0.0208. The molecule has 0 spiro atoms. The van der Waals surface area contributed by atoms with Gasteiger partial charge >= 0.3 is 6.09 Å². The molecule has 0 radical (unpaired) electrons. The predicted octanol–water partition coefficient (Wildman–Crippen LogP) is 5.21. The monoisotopic (exact) mass is 447 g/mol. The van der Waals surface area contributed by atoms with Gasteiger partial charge < -0.3 is 14.5 Å². The van der Waals surface area contributed by atoms with Crippen LogP contribution in [-0.2, 0) is 11.3 Å². The first-order valence-electron chi connectivity index (χ1n) is 10.3.